The number of nitrogen functional groups attached to an aromatic ring is 1. The van der Waals surface area contributed by atoms with Gasteiger partial charge in [0.25, 0.3) is 0 Å². The highest BCUT2D eigenvalue weighted by atomic mass is 31.2. The smallest absolute Gasteiger partial charge is 0.164 e. The van der Waals surface area contributed by atoms with Crippen molar-refractivity contribution in [2.24, 2.45) is 0 Å². The molecule has 0 aromatic heterocycles. The first-order chi connectivity index (χ1) is 5.02. The monoisotopic (exact) mass is 172 g/mol. The van der Waals surface area contributed by atoms with Crippen molar-refractivity contribution in [3.8, 4) is 0 Å². The van der Waals surface area contributed by atoms with Gasteiger partial charge in [-0.25, -0.2) is 0 Å². The first kappa shape index (κ1) is 8.27. The summed E-state index contributed by atoms with van der Waals surface area (Å²) in [7, 11) is -4.43. The molecule has 0 aliphatic heterocycles. The Bertz CT molecular complexity index is 306. The average Bonchev–Trinajstić information content (AvgIpc) is 1.86. The maximum absolute atomic E-state index is 10.6. The lowest BCUT2D eigenvalue weighted by Crippen LogP contribution is -2.17. The normalized spacial score (nSPS) is 15.8. The lowest BCUT2D eigenvalue weighted by Gasteiger charge is -2.17. The van der Waals surface area contributed by atoms with E-state index in [1.165, 1.54) is 18.2 Å². The molecule has 1 unspecified atom stereocenters. The third-order valence-electron chi connectivity index (χ3n) is 1.24. The van der Waals surface area contributed by atoms with Gasteiger partial charge in [-0.15, -0.1) is 0 Å². The lowest BCUT2D eigenvalue weighted by molar-refractivity contribution is -0.188. The summed E-state index contributed by atoms with van der Waals surface area (Å²) in [5, 5.41) is -0.222. The molecular formula is C6H7NO3P-. The zero-order valence-electron chi connectivity index (χ0n) is 5.60. The Hall–Kier alpha value is -0.830. The maximum atomic E-state index is 10.6. The van der Waals surface area contributed by atoms with E-state index in [0.717, 1.165) is 0 Å². The minimum Gasteiger partial charge on any atom is -0.775 e. The van der Waals surface area contributed by atoms with E-state index in [1.807, 2.05) is 0 Å². The Morgan fingerprint density at radius 3 is 2.36 bits per heavy atom. The molecule has 4 nitrogen and oxygen atoms in total. The fourth-order valence-corrected chi connectivity index (χ4v) is 1.42. The first-order valence-corrected chi connectivity index (χ1v) is 4.48. The van der Waals surface area contributed by atoms with Gasteiger partial charge >= 0.3 is 0 Å². The second-order valence-electron chi connectivity index (χ2n) is 2.08. The van der Waals surface area contributed by atoms with Gasteiger partial charge in [-0.2, -0.15) is 0 Å². The summed E-state index contributed by atoms with van der Waals surface area (Å²) in [6, 6.07) is 5.75. The molecule has 1 aromatic carbocycles. The largest absolute Gasteiger partial charge is 0.775 e. The molecule has 60 valence electrons. The molecule has 0 saturated heterocycles. The predicted molar refractivity (Wildman–Crippen MR) is 40.3 cm³/mol. The molecule has 0 radical (unpaired) electrons. The van der Waals surface area contributed by atoms with Crippen molar-refractivity contribution in [3.05, 3.63) is 24.3 Å². The van der Waals surface area contributed by atoms with E-state index in [1.54, 1.807) is 6.07 Å². The lowest BCUT2D eigenvalue weighted by atomic mass is 10.3. The molecule has 0 aliphatic rings. The molecule has 1 atom stereocenters. The van der Waals surface area contributed by atoms with Gasteiger partial charge in [0.15, 0.2) is 7.60 Å². The third-order valence-corrected chi connectivity index (χ3v) is 2.26. The molecule has 11 heavy (non-hydrogen) atoms. The summed E-state index contributed by atoms with van der Waals surface area (Å²) in [6.45, 7) is 0. The highest BCUT2D eigenvalue weighted by molar-refractivity contribution is 7.59. The summed E-state index contributed by atoms with van der Waals surface area (Å²) in [5.41, 5.74) is 5.34. The van der Waals surface area contributed by atoms with Gasteiger partial charge in [0.1, 0.15) is 0 Å². The van der Waals surface area contributed by atoms with Crippen LogP contribution >= 0.6 is 7.60 Å². The Balaban J connectivity index is 3.25. The van der Waals surface area contributed by atoms with Crippen molar-refractivity contribution in [2.75, 3.05) is 5.73 Å². The third kappa shape index (κ3) is 1.80. The van der Waals surface area contributed by atoms with Gasteiger partial charge < -0.3 is 20.1 Å². The summed E-state index contributed by atoms with van der Waals surface area (Å²) in [5.74, 6) is 0. The summed E-state index contributed by atoms with van der Waals surface area (Å²) < 4.78 is 10.6. The van der Waals surface area contributed by atoms with Gasteiger partial charge in [-0.05, 0) is 12.1 Å². The SMILES string of the molecule is Nc1ccccc1P(=O)([O-])O. The molecule has 0 aliphatic carbocycles. The molecule has 0 heterocycles. The van der Waals surface area contributed by atoms with Crippen LogP contribution in [0.1, 0.15) is 0 Å². The van der Waals surface area contributed by atoms with Crippen LogP contribution in [0.2, 0.25) is 0 Å². The quantitative estimate of drug-likeness (QED) is 0.439. The van der Waals surface area contributed by atoms with Crippen LogP contribution in [-0.4, -0.2) is 4.89 Å². The van der Waals surface area contributed by atoms with E-state index in [9.17, 15) is 9.46 Å². The van der Waals surface area contributed by atoms with Gasteiger partial charge in [-0.1, -0.05) is 12.1 Å². The van der Waals surface area contributed by atoms with Crippen LogP contribution < -0.4 is 15.9 Å². The Morgan fingerprint density at radius 1 is 1.45 bits per heavy atom. The second-order valence-corrected chi connectivity index (χ2v) is 3.60. The number of para-hydroxylation sites is 1. The molecule has 0 fully saturated rings. The van der Waals surface area contributed by atoms with Crippen LogP contribution in [0.15, 0.2) is 24.3 Å². The molecule has 5 heteroatoms. The molecular weight excluding hydrogens is 165 g/mol. The summed E-state index contributed by atoms with van der Waals surface area (Å²) >= 11 is 0. The minimum absolute atomic E-state index is 0.0633. The van der Waals surface area contributed by atoms with Crippen molar-refractivity contribution < 1.29 is 14.4 Å². The zero-order valence-corrected chi connectivity index (χ0v) is 6.49. The van der Waals surface area contributed by atoms with Gasteiger partial charge in [-0.3, -0.25) is 0 Å². The van der Waals surface area contributed by atoms with Crippen molar-refractivity contribution >= 4 is 18.6 Å². The number of anilines is 1. The van der Waals surface area contributed by atoms with Crippen LogP contribution in [-0.2, 0) is 4.57 Å². The second kappa shape index (κ2) is 2.66. The van der Waals surface area contributed by atoms with Crippen molar-refractivity contribution in [3.63, 3.8) is 0 Å². The molecule has 0 amide bonds. The fourth-order valence-electron chi connectivity index (χ4n) is 0.745. The van der Waals surface area contributed by atoms with Crippen LogP contribution in [0, 0.1) is 0 Å². The number of hydrogen-bond donors (Lipinski definition) is 2. The number of benzene rings is 1. The zero-order chi connectivity index (χ0) is 8.48. The Morgan fingerprint density at radius 2 is 2.00 bits per heavy atom. The standard InChI is InChI=1S/C6H8NO3P/c7-5-3-1-2-4-6(5)11(8,9)10/h1-4H,7H2,(H2,8,9,10)/p-1. The molecule has 0 bridgehead atoms. The van der Waals surface area contributed by atoms with Gasteiger partial charge in [0.2, 0.25) is 0 Å². The van der Waals surface area contributed by atoms with Crippen LogP contribution in [0.3, 0.4) is 0 Å². The van der Waals surface area contributed by atoms with E-state index in [0.29, 0.717) is 0 Å². The fraction of sp³-hybridized carbons (Fsp3) is 0. The number of rotatable bonds is 1. The number of nitrogens with two attached hydrogens (primary N) is 1. The maximum Gasteiger partial charge on any atom is 0.164 e. The Labute approximate surface area is 63.8 Å². The summed E-state index contributed by atoms with van der Waals surface area (Å²) in [6.07, 6.45) is 0. The van der Waals surface area contributed by atoms with E-state index in [-0.39, 0.29) is 11.0 Å². The predicted octanol–water partition coefficient (Wildman–Crippen LogP) is -0.560. The molecule has 0 spiro atoms. The van der Waals surface area contributed by atoms with Crippen molar-refractivity contribution in [2.45, 2.75) is 0 Å². The van der Waals surface area contributed by atoms with E-state index >= 15 is 0 Å². The van der Waals surface area contributed by atoms with E-state index in [2.05, 4.69) is 0 Å². The first-order valence-electron chi connectivity index (χ1n) is 2.90. The minimum atomic E-state index is -4.43. The Kier molecular flexibility index (Phi) is 2.00. The van der Waals surface area contributed by atoms with Crippen molar-refractivity contribution in [1.82, 2.24) is 0 Å². The van der Waals surface area contributed by atoms with E-state index < -0.39 is 7.60 Å². The van der Waals surface area contributed by atoms with Crippen LogP contribution in [0.4, 0.5) is 5.69 Å². The van der Waals surface area contributed by atoms with E-state index in [4.69, 9.17) is 10.6 Å². The average molecular weight is 172 g/mol. The highest BCUT2D eigenvalue weighted by Crippen LogP contribution is 2.29. The summed E-state index contributed by atoms with van der Waals surface area (Å²) in [4.78, 5) is 19.1. The van der Waals surface area contributed by atoms with Gasteiger partial charge in [0, 0.05) is 11.0 Å². The van der Waals surface area contributed by atoms with Crippen LogP contribution in [0.25, 0.3) is 0 Å². The molecule has 1 aromatic rings. The topological polar surface area (TPSA) is 86.4 Å². The number of hydrogen-bond acceptors (Lipinski definition) is 3. The van der Waals surface area contributed by atoms with Crippen molar-refractivity contribution in [1.29, 1.82) is 0 Å². The van der Waals surface area contributed by atoms with Gasteiger partial charge in [0.05, 0.1) is 0 Å². The highest BCUT2D eigenvalue weighted by Gasteiger charge is 2.08. The molecule has 1 rings (SSSR count). The molecule has 3 N–H and O–H groups in total. The molecule has 0 saturated carbocycles. The van der Waals surface area contributed by atoms with Crippen LogP contribution in [0.5, 0.6) is 0 Å².